The average molecular weight is 524 g/mol. The van der Waals surface area contributed by atoms with Gasteiger partial charge in [-0.25, -0.2) is 18.1 Å². The van der Waals surface area contributed by atoms with E-state index in [0.29, 0.717) is 16.4 Å². The van der Waals surface area contributed by atoms with Crippen LogP contribution in [0.15, 0.2) is 78.9 Å². The Kier molecular flexibility index (Phi) is 7.93. The number of sulfonamides is 1. The van der Waals surface area contributed by atoms with E-state index in [0.717, 1.165) is 15.8 Å². The third-order valence-corrected chi connectivity index (χ3v) is 7.44. The first kappa shape index (κ1) is 25.3. The zero-order valence-corrected chi connectivity index (χ0v) is 20.8. The summed E-state index contributed by atoms with van der Waals surface area (Å²) >= 11 is 1.30. The van der Waals surface area contributed by atoms with Crippen molar-refractivity contribution >= 4 is 54.2 Å². The molecule has 0 aliphatic rings. The number of benzene rings is 3. The maximum Gasteiger partial charge on any atom is 0.243 e. The standard InChI is InChI=1S/C25H25N5O4S2/c26-25-29-20-12-11-19(14-22(20)35-25)28-23(31)15-27-24(32)21(13-17-7-3-1-4-8-17)30-36(33,34)16-18-9-5-2-6-10-18/h1-12,14,21,30H,13,15-16H2,(H2,26,29)(H,27,32)(H,28,31)/t21-/m1/s1. The number of anilines is 2. The van der Waals surface area contributed by atoms with Crippen LogP contribution in [0.3, 0.4) is 0 Å². The van der Waals surface area contributed by atoms with E-state index in [2.05, 4.69) is 20.3 Å². The number of hydrogen-bond donors (Lipinski definition) is 4. The third-order valence-electron chi connectivity index (χ3n) is 5.23. The molecule has 186 valence electrons. The number of carbonyl (C=O) groups is 2. The molecule has 36 heavy (non-hydrogen) atoms. The second-order valence-corrected chi connectivity index (χ2v) is 10.9. The van der Waals surface area contributed by atoms with Crippen LogP contribution in [0.25, 0.3) is 10.2 Å². The molecule has 4 rings (SSSR count). The Morgan fingerprint density at radius 2 is 1.61 bits per heavy atom. The molecular weight excluding hydrogens is 498 g/mol. The minimum atomic E-state index is -3.83. The van der Waals surface area contributed by atoms with E-state index in [1.165, 1.54) is 11.3 Å². The molecule has 9 nitrogen and oxygen atoms in total. The van der Waals surface area contributed by atoms with Crippen molar-refractivity contribution in [2.24, 2.45) is 0 Å². The fourth-order valence-electron chi connectivity index (χ4n) is 3.61. The fraction of sp³-hybridized carbons (Fsp3) is 0.160. The molecule has 1 aromatic heterocycles. The summed E-state index contributed by atoms with van der Waals surface area (Å²) in [5.74, 6) is -1.32. The summed E-state index contributed by atoms with van der Waals surface area (Å²) < 4.78 is 28.9. The number of amides is 2. The Labute approximate surface area is 212 Å². The van der Waals surface area contributed by atoms with Crippen LogP contribution in [0.4, 0.5) is 10.8 Å². The van der Waals surface area contributed by atoms with Crippen molar-refractivity contribution in [1.29, 1.82) is 0 Å². The lowest BCUT2D eigenvalue weighted by atomic mass is 10.1. The molecule has 0 unspecified atom stereocenters. The van der Waals surface area contributed by atoms with Crippen LogP contribution in [0, 0.1) is 0 Å². The van der Waals surface area contributed by atoms with Crippen molar-refractivity contribution in [1.82, 2.24) is 15.0 Å². The number of nitrogens with zero attached hydrogens (tertiary/aromatic N) is 1. The SMILES string of the molecule is Nc1nc2ccc(NC(=O)CNC(=O)[C@@H](Cc3ccccc3)NS(=O)(=O)Cc3ccccc3)cc2s1. The first-order chi connectivity index (χ1) is 17.3. The smallest absolute Gasteiger partial charge is 0.243 e. The predicted octanol–water partition coefficient (Wildman–Crippen LogP) is 2.66. The van der Waals surface area contributed by atoms with E-state index in [9.17, 15) is 18.0 Å². The Morgan fingerprint density at radius 1 is 0.944 bits per heavy atom. The molecule has 0 spiro atoms. The maximum atomic E-state index is 13.0. The normalized spacial score (nSPS) is 12.2. The molecule has 11 heteroatoms. The van der Waals surface area contributed by atoms with Gasteiger partial charge < -0.3 is 16.4 Å². The monoisotopic (exact) mass is 523 g/mol. The Hall–Kier alpha value is -3.80. The van der Waals surface area contributed by atoms with Crippen LogP contribution >= 0.6 is 11.3 Å². The number of aromatic nitrogens is 1. The highest BCUT2D eigenvalue weighted by molar-refractivity contribution is 7.88. The number of nitrogen functional groups attached to an aromatic ring is 1. The van der Waals surface area contributed by atoms with Crippen LogP contribution in [-0.4, -0.2) is 37.8 Å². The highest BCUT2D eigenvalue weighted by Crippen LogP contribution is 2.26. The van der Waals surface area contributed by atoms with Gasteiger partial charge in [0.25, 0.3) is 0 Å². The van der Waals surface area contributed by atoms with Crippen molar-refractivity contribution in [3.05, 3.63) is 90.0 Å². The van der Waals surface area contributed by atoms with Gasteiger partial charge in [0.05, 0.1) is 22.5 Å². The molecule has 1 atom stereocenters. The van der Waals surface area contributed by atoms with E-state index in [-0.39, 0.29) is 18.7 Å². The Balaban J connectivity index is 1.40. The van der Waals surface area contributed by atoms with Gasteiger partial charge in [0.2, 0.25) is 21.8 Å². The van der Waals surface area contributed by atoms with E-state index in [1.54, 1.807) is 60.7 Å². The molecule has 0 radical (unpaired) electrons. The van der Waals surface area contributed by atoms with Crippen LogP contribution in [0.1, 0.15) is 11.1 Å². The second kappa shape index (κ2) is 11.3. The summed E-state index contributed by atoms with van der Waals surface area (Å²) in [6.07, 6.45) is 0.131. The van der Waals surface area contributed by atoms with E-state index in [4.69, 9.17) is 5.73 Å². The molecule has 0 saturated heterocycles. The van der Waals surface area contributed by atoms with Gasteiger partial charge in [0.15, 0.2) is 5.13 Å². The van der Waals surface area contributed by atoms with E-state index < -0.39 is 27.9 Å². The van der Waals surface area contributed by atoms with Gasteiger partial charge in [0.1, 0.15) is 6.04 Å². The number of nitrogens with one attached hydrogen (secondary N) is 3. The highest BCUT2D eigenvalue weighted by Gasteiger charge is 2.25. The number of thiazole rings is 1. The number of hydrogen-bond acceptors (Lipinski definition) is 7. The number of carbonyl (C=O) groups excluding carboxylic acids is 2. The second-order valence-electron chi connectivity index (χ2n) is 8.11. The summed E-state index contributed by atoms with van der Waals surface area (Å²) in [5.41, 5.74) is 8.36. The molecule has 1 heterocycles. The number of rotatable bonds is 10. The first-order valence-electron chi connectivity index (χ1n) is 11.1. The van der Waals surface area contributed by atoms with Crippen molar-refractivity contribution in [2.45, 2.75) is 18.2 Å². The van der Waals surface area contributed by atoms with E-state index in [1.807, 2.05) is 18.2 Å². The minimum absolute atomic E-state index is 0.131. The van der Waals surface area contributed by atoms with Gasteiger partial charge >= 0.3 is 0 Å². The molecule has 0 fully saturated rings. The quantitative estimate of drug-likeness (QED) is 0.252. The lowest BCUT2D eigenvalue weighted by molar-refractivity contribution is -0.125. The highest BCUT2D eigenvalue weighted by atomic mass is 32.2. The summed E-state index contributed by atoms with van der Waals surface area (Å²) in [6, 6.07) is 21.9. The van der Waals surface area contributed by atoms with Gasteiger partial charge in [-0.3, -0.25) is 9.59 Å². The predicted molar refractivity (Wildman–Crippen MR) is 142 cm³/mol. The van der Waals surface area contributed by atoms with Gasteiger partial charge in [-0.2, -0.15) is 0 Å². The van der Waals surface area contributed by atoms with Crippen molar-refractivity contribution < 1.29 is 18.0 Å². The molecule has 0 aliphatic carbocycles. The molecular formula is C25H25N5O4S2. The zero-order chi connectivity index (χ0) is 25.5. The Bertz CT molecular complexity index is 1460. The summed E-state index contributed by atoms with van der Waals surface area (Å²) in [4.78, 5) is 29.6. The van der Waals surface area contributed by atoms with Crippen molar-refractivity contribution in [3.63, 3.8) is 0 Å². The average Bonchev–Trinajstić information content (AvgIpc) is 3.22. The third kappa shape index (κ3) is 7.11. The van der Waals surface area contributed by atoms with Gasteiger partial charge in [0, 0.05) is 5.69 Å². The van der Waals surface area contributed by atoms with Crippen molar-refractivity contribution in [2.75, 3.05) is 17.6 Å². The molecule has 5 N–H and O–H groups in total. The van der Waals surface area contributed by atoms with Gasteiger partial charge in [-0.05, 0) is 35.7 Å². The fourth-order valence-corrected chi connectivity index (χ4v) is 5.72. The van der Waals surface area contributed by atoms with Crippen molar-refractivity contribution in [3.8, 4) is 0 Å². The molecule has 0 aliphatic heterocycles. The lowest BCUT2D eigenvalue weighted by Crippen LogP contribution is -2.49. The van der Waals surface area contributed by atoms with Crippen LogP contribution in [0.2, 0.25) is 0 Å². The van der Waals surface area contributed by atoms with Crippen LogP contribution < -0.4 is 21.1 Å². The summed E-state index contributed by atoms with van der Waals surface area (Å²) in [7, 11) is -3.83. The van der Waals surface area contributed by atoms with Crippen LogP contribution in [-0.2, 0) is 31.8 Å². The summed E-state index contributed by atoms with van der Waals surface area (Å²) in [6.45, 7) is -0.326. The maximum absolute atomic E-state index is 13.0. The lowest BCUT2D eigenvalue weighted by Gasteiger charge is -2.19. The topological polar surface area (TPSA) is 143 Å². The minimum Gasteiger partial charge on any atom is -0.375 e. The van der Waals surface area contributed by atoms with Crippen LogP contribution in [0.5, 0.6) is 0 Å². The van der Waals surface area contributed by atoms with Gasteiger partial charge in [-0.1, -0.05) is 72.0 Å². The summed E-state index contributed by atoms with van der Waals surface area (Å²) in [5, 5.41) is 5.69. The largest absolute Gasteiger partial charge is 0.375 e. The number of nitrogens with two attached hydrogens (primary N) is 1. The van der Waals surface area contributed by atoms with E-state index >= 15 is 0 Å². The molecule has 3 aromatic carbocycles. The molecule has 4 aromatic rings. The molecule has 2 amide bonds. The Morgan fingerprint density at radius 3 is 2.31 bits per heavy atom. The molecule has 0 bridgehead atoms. The van der Waals surface area contributed by atoms with Gasteiger partial charge in [-0.15, -0.1) is 0 Å². The zero-order valence-electron chi connectivity index (χ0n) is 19.2. The molecule has 0 saturated carbocycles. The first-order valence-corrected chi connectivity index (χ1v) is 13.6. The number of fused-ring (bicyclic) bond motifs is 1.